The van der Waals surface area contributed by atoms with Crippen molar-refractivity contribution in [2.45, 2.75) is 26.3 Å². The van der Waals surface area contributed by atoms with Crippen molar-refractivity contribution in [1.29, 1.82) is 0 Å². The summed E-state index contributed by atoms with van der Waals surface area (Å²) in [6.07, 6.45) is 1.19. The van der Waals surface area contributed by atoms with E-state index in [9.17, 15) is 0 Å². The van der Waals surface area contributed by atoms with Gasteiger partial charge in [-0.15, -0.1) is 0 Å². The van der Waals surface area contributed by atoms with Gasteiger partial charge in [-0.25, -0.2) is 5.01 Å². The molecule has 0 aliphatic carbocycles. The van der Waals surface area contributed by atoms with Crippen molar-refractivity contribution >= 4 is 0 Å². The van der Waals surface area contributed by atoms with Crippen LogP contribution in [0.5, 0.6) is 0 Å². The molecule has 0 aromatic carbocycles. The number of hydrogen-bond acceptors (Lipinski definition) is 3. The van der Waals surface area contributed by atoms with Crippen LogP contribution in [-0.2, 0) is 0 Å². The molecule has 54 valence electrons. The van der Waals surface area contributed by atoms with Crippen LogP contribution < -0.4 is 11.4 Å². The fourth-order valence-corrected chi connectivity index (χ4v) is 1.51. The zero-order valence-electron chi connectivity index (χ0n) is 6.09. The molecule has 2 atom stereocenters. The van der Waals surface area contributed by atoms with Gasteiger partial charge in [0.1, 0.15) is 0 Å². The summed E-state index contributed by atoms with van der Waals surface area (Å²) >= 11 is 0. The molecular formula is C6H15N3. The van der Waals surface area contributed by atoms with Crippen molar-refractivity contribution in [3.05, 3.63) is 0 Å². The maximum atomic E-state index is 5.24. The predicted octanol–water partition coefficient (Wildman–Crippen LogP) is 0.0950. The lowest BCUT2D eigenvalue weighted by atomic mass is 9.91. The number of hydrazine groups is 2. The highest BCUT2D eigenvalue weighted by molar-refractivity contribution is 4.84. The molecule has 0 aromatic heterocycles. The summed E-state index contributed by atoms with van der Waals surface area (Å²) in [6, 6.07) is 0.662. The summed E-state index contributed by atoms with van der Waals surface area (Å²) < 4.78 is 0. The van der Waals surface area contributed by atoms with Crippen molar-refractivity contribution in [3.8, 4) is 0 Å². The minimum atomic E-state index is 0.662. The topological polar surface area (TPSA) is 41.3 Å². The Morgan fingerprint density at radius 3 is 2.67 bits per heavy atom. The van der Waals surface area contributed by atoms with E-state index < -0.39 is 0 Å². The molecule has 3 nitrogen and oxygen atoms in total. The maximum Gasteiger partial charge on any atom is 0.0292 e. The van der Waals surface area contributed by atoms with E-state index in [0.717, 1.165) is 12.5 Å². The normalized spacial score (nSPS) is 36.3. The Morgan fingerprint density at radius 2 is 2.44 bits per heavy atom. The molecule has 0 bridgehead atoms. The molecule has 3 heteroatoms. The van der Waals surface area contributed by atoms with Crippen LogP contribution in [0.1, 0.15) is 20.3 Å². The standard InChI is InChI=1S/C6H15N3/c1-3-6-5(2)4-9(6)8-7/h5-6,8H,3-4,7H2,1-2H3/t5-,6+/m0/s1. The van der Waals surface area contributed by atoms with Crippen molar-refractivity contribution in [1.82, 2.24) is 10.5 Å². The summed E-state index contributed by atoms with van der Waals surface area (Å²) in [5, 5.41) is 2.07. The van der Waals surface area contributed by atoms with Crippen molar-refractivity contribution < 1.29 is 0 Å². The minimum Gasteiger partial charge on any atom is -0.258 e. The Balaban J connectivity index is 2.29. The van der Waals surface area contributed by atoms with E-state index in [1.54, 1.807) is 0 Å². The lowest BCUT2D eigenvalue weighted by molar-refractivity contribution is -0.0249. The van der Waals surface area contributed by atoms with Crippen molar-refractivity contribution in [2.75, 3.05) is 6.54 Å². The predicted molar refractivity (Wildman–Crippen MR) is 37.3 cm³/mol. The van der Waals surface area contributed by atoms with Crippen LogP contribution >= 0.6 is 0 Å². The van der Waals surface area contributed by atoms with E-state index in [0.29, 0.717) is 6.04 Å². The largest absolute Gasteiger partial charge is 0.258 e. The van der Waals surface area contributed by atoms with Gasteiger partial charge in [-0.3, -0.25) is 5.84 Å². The zero-order valence-corrected chi connectivity index (χ0v) is 6.09. The quantitative estimate of drug-likeness (QED) is 0.410. The molecule has 1 heterocycles. The lowest BCUT2D eigenvalue weighted by Gasteiger charge is -2.45. The first-order chi connectivity index (χ1) is 4.29. The highest BCUT2D eigenvalue weighted by Gasteiger charge is 2.33. The fraction of sp³-hybridized carbons (Fsp3) is 1.00. The van der Waals surface area contributed by atoms with Gasteiger partial charge in [-0.2, -0.15) is 5.53 Å². The number of nitrogens with zero attached hydrogens (tertiary/aromatic N) is 1. The van der Waals surface area contributed by atoms with Gasteiger partial charge >= 0.3 is 0 Å². The molecule has 1 aliphatic rings. The van der Waals surface area contributed by atoms with Crippen molar-refractivity contribution in [3.63, 3.8) is 0 Å². The molecule has 9 heavy (non-hydrogen) atoms. The van der Waals surface area contributed by atoms with E-state index in [1.807, 2.05) is 0 Å². The van der Waals surface area contributed by atoms with Gasteiger partial charge in [0, 0.05) is 12.6 Å². The Hall–Kier alpha value is -0.120. The lowest BCUT2D eigenvalue weighted by Crippen LogP contribution is -2.62. The molecule has 0 unspecified atom stereocenters. The van der Waals surface area contributed by atoms with Crippen molar-refractivity contribution in [2.24, 2.45) is 11.8 Å². The molecule has 1 rings (SSSR count). The summed E-state index contributed by atoms with van der Waals surface area (Å²) in [4.78, 5) is 0. The second-order valence-corrected chi connectivity index (χ2v) is 2.73. The van der Waals surface area contributed by atoms with E-state index in [1.165, 1.54) is 6.42 Å². The molecule has 0 aromatic rings. The van der Waals surface area contributed by atoms with Gasteiger partial charge in [-0.05, 0) is 12.3 Å². The molecule has 0 radical (unpaired) electrons. The molecule has 1 saturated heterocycles. The second kappa shape index (κ2) is 2.64. The van der Waals surface area contributed by atoms with E-state index >= 15 is 0 Å². The molecule has 0 spiro atoms. The van der Waals surface area contributed by atoms with E-state index in [2.05, 4.69) is 24.4 Å². The monoisotopic (exact) mass is 129 g/mol. The Kier molecular flexibility index (Phi) is 2.05. The first kappa shape index (κ1) is 6.99. The molecule has 1 aliphatic heterocycles. The molecule has 3 N–H and O–H groups in total. The third-order valence-electron chi connectivity index (χ3n) is 2.13. The average molecular weight is 129 g/mol. The Bertz CT molecular complexity index is 94.3. The number of nitrogens with two attached hydrogens (primary N) is 1. The third-order valence-corrected chi connectivity index (χ3v) is 2.13. The molecular weight excluding hydrogens is 114 g/mol. The SMILES string of the molecule is CC[C@@H]1[C@@H](C)CN1NN. The van der Waals surface area contributed by atoms with Crippen LogP contribution in [0.4, 0.5) is 0 Å². The first-order valence-corrected chi connectivity index (χ1v) is 3.52. The smallest absolute Gasteiger partial charge is 0.0292 e. The van der Waals surface area contributed by atoms with Gasteiger partial charge in [0.15, 0.2) is 0 Å². The van der Waals surface area contributed by atoms with Gasteiger partial charge < -0.3 is 0 Å². The average Bonchev–Trinajstić information content (AvgIpc) is 1.83. The summed E-state index contributed by atoms with van der Waals surface area (Å²) in [7, 11) is 0. The second-order valence-electron chi connectivity index (χ2n) is 2.73. The van der Waals surface area contributed by atoms with Crippen LogP contribution in [0.15, 0.2) is 0 Å². The van der Waals surface area contributed by atoms with Crippen LogP contribution in [0.2, 0.25) is 0 Å². The molecule has 0 saturated carbocycles. The zero-order chi connectivity index (χ0) is 6.85. The highest BCUT2D eigenvalue weighted by Crippen LogP contribution is 2.23. The fourth-order valence-electron chi connectivity index (χ4n) is 1.51. The summed E-state index contributed by atoms with van der Waals surface area (Å²) in [5.41, 5.74) is 2.67. The number of nitrogens with one attached hydrogen (secondary N) is 1. The Labute approximate surface area is 56.1 Å². The van der Waals surface area contributed by atoms with Gasteiger partial charge in [-0.1, -0.05) is 13.8 Å². The summed E-state index contributed by atoms with van der Waals surface area (Å²) in [6.45, 7) is 5.53. The van der Waals surface area contributed by atoms with Crippen LogP contribution in [-0.4, -0.2) is 17.6 Å². The highest BCUT2D eigenvalue weighted by atomic mass is 15.7. The minimum absolute atomic E-state index is 0.662. The molecule has 0 amide bonds. The van der Waals surface area contributed by atoms with Crippen LogP contribution in [0.3, 0.4) is 0 Å². The number of rotatable bonds is 2. The number of hydrogen-bond donors (Lipinski definition) is 2. The summed E-state index contributed by atoms with van der Waals surface area (Å²) in [5.74, 6) is 6.05. The first-order valence-electron chi connectivity index (χ1n) is 3.52. The van der Waals surface area contributed by atoms with E-state index in [-0.39, 0.29) is 0 Å². The van der Waals surface area contributed by atoms with Gasteiger partial charge in [0.2, 0.25) is 0 Å². The van der Waals surface area contributed by atoms with Crippen LogP contribution in [0.25, 0.3) is 0 Å². The van der Waals surface area contributed by atoms with E-state index in [4.69, 9.17) is 5.84 Å². The Morgan fingerprint density at radius 1 is 1.78 bits per heavy atom. The maximum absolute atomic E-state index is 5.24. The third kappa shape index (κ3) is 1.08. The van der Waals surface area contributed by atoms with Gasteiger partial charge in [0.25, 0.3) is 0 Å². The van der Waals surface area contributed by atoms with Gasteiger partial charge in [0.05, 0.1) is 0 Å². The molecule has 1 fully saturated rings. The van der Waals surface area contributed by atoms with Crippen LogP contribution in [0, 0.1) is 5.92 Å².